The van der Waals surface area contributed by atoms with Gasteiger partial charge in [0.05, 0.1) is 18.2 Å². The van der Waals surface area contributed by atoms with Crippen molar-refractivity contribution in [2.75, 3.05) is 12.4 Å². The summed E-state index contributed by atoms with van der Waals surface area (Å²) < 4.78 is 6.68. The van der Waals surface area contributed by atoms with Crippen LogP contribution in [0.15, 0.2) is 23.0 Å². The van der Waals surface area contributed by atoms with Crippen molar-refractivity contribution in [2.45, 2.75) is 33.7 Å². The molecular formula is C19H20ClN3O3S. The lowest BCUT2D eigenvalue weighted by Crippen LogP contribution is -2.33. The highest BCUT2D eigenvalue weighted by Gasteiger charge is 2.23. The van der Waals surface area contributed by atoms with Crippen molar-refractivity contribution in [1.29, 1.82) is 0 Å². The van der Waals surface area contributed by atoms with E-state index in [1.165, 1.54) is 23.0 Å². The van der Waals surface area contributed by atoms with Crippen LogP contribution >= 0.6 is 22.9 Å². The maximum atomic E-state index is 13.1. The number of methoxy groups -OCH3 is 1. The lowest BCUT2D eigenvalue weighted by atomic mass is 10.2. The van der Waals surface area contributed by atoms with Gasteiger partial charge in [-0.3, -0.25) is 14.2 Å². The van der Waals surface area contributed by atoms with Crippen molar-refractivity contribution in [3.63, 3.8) is 0 Å². The average Bonchev–Trinajstić information content (AvgIpc) is 2.89. The first-order valence-corrected chi connectivity index (χ1v) is 9.57. The first-order valence-electron chi connectivity index (χ1n) is 8.37. The lowest BCUT2D eigenvalue weighted by molar-refractivity contribution is -0.118. The van der Waals surface area contributed by atoms with Gasteiger partial charge in [-0.15, -0.1) is 11.3 Å². The SMILES string of the molecule is COc1ccc(Cl)cc1NC(=O)C(C)n1c(C)nc2sc(C)c(C)c2c1=O. The fraction of sp³-hybridized carbons (Fsp3) is 0.316. The molecule has 1 unspecified atom stereocenters. The molecule has 0 aliphatic heterocycles. The van der Waals surface area contributed by atoms with Gasteiger partial charge in [0.25, 0.3) is 5.56 Å². The highest BCUT2D eigenvalue weighted by molar-refractivity contribution is 7.18. The molecule has 0 bridgehead atoms. The molecule has 142 valence electrons. The molecule has 0 saturated carbocycles. The first-order chi connectivity index (χ1) is 12.7. The third-order valence-electron chi connectivity index (χ3n) is 4.60. The molecule has 2 aromatic heterocycles. The Morgan fingerprint density at radius 2 is 2.04 bits per heavy atom. The summed E-state index contributed by atoms with van der Waals surface area (Å²) in [6.07, 6.45) is 0. The largest absolute Gasteiger partial charge is 0.495 e. The summed E-state index contributed by atoms with van der Waals surface area (Å²) in [5.41, 5.74) is 1.15. The Morgan fingerprint density at radius 1 is 1.33 bits per heavy atom. The van der Waals surface area contributed by atoms with Crippen molar-refractivity contribution in [2.24, 2.45) is 0 Å². The van der Waals surface area contributed by atoms with Gasteiger partial charge in [-0.2, -0.15) is 0 Å². The third-order valence-corrected chi connectivity index (χ3v) is 5.93. The second-order valence-corrected chi connectivity index (χ2v) is 7.95. The zero-order valence-corrected chi connectivity index (χ0v) is 17.3. The fourth-order valence-electron chi connectivity index (χ4n) is 3.00. The molecule has 0 aliphatic carbocycles. The van der Waals surface area contributed by atoms with Crippen LogP contribution in [0.2, 0.25) is 5.02 Å². The Morgan fingerprint density at radius 3 is 2.70 bits per heavy atom. The van der Waals surface area contributed by atoms with Crippen LogP contribution in [-0.2, 0) is 4.79 Å². The second-order valence-electron chi connectivity index (χ2n) is 6.31. The minimum Gasteiger partial charge on any atom is -0.495 e. The van der Waals surface area contributed by atoms with E-state index in [0.717, 1.165) is 10.4 Å². The molecule has 6 nitrogen and oxygen atoms in total. The first kappa shape index (κ1) is 19.4. The van der Waals surface area contributed by atoms with Crippen molar-refractivity contribution < 1.29 is 9.53 Å². The number of carbonyl (C=O) groups excluding carboxylic acids is 1. The fourth-order valence-corrected chi connectivity index (χ4v) is 4.23. The average molecular weight is 406 g/mol. The van der Waals surface area contributed by atoms with E-state index in [9.17, 15) is 9.59 Å². The molecule has 0 fully saturated rings. The van der Waals surface area contributed by atoms with Gasteiger partial charge in [-0.25, -0.2) is 4.98 Å². The number of anilines is 1. The van der Waals surface area contributed by atoms with Gasteiger partial charge in [0.1, 0.15) is 22.4 Å². The van der Waals surface area contributed by atoms with E-state index in [-0.39, 0.29) is 11.5 Å². The van der Waals surface area contributed by atoms with E-state index >= 15 is 0 Å². The van der Waals surface area contributed by atoms with Crippen molar-refractivity contribution >= 4 is 44.7 Å². The topological polar surface area (TPSA) is 73.2 Å². The molecule has 0 aliphatic rings. The molecule has 1 amide bonds. The molecule has 0 radical (unpaired) electrons. The Balaban J connectivity index is 2.02. The van der Waals surface area contributed by atoms with Gasteiger partial charge >= 0.3 is 0 Å². The smallest absolute Gasteiger partial charge is 0.263 e. The van der Waals surface area contributed by atoms with Crippen molar-refractivity contribution in [3.05, 3.63) is 49.8 Å². The van der Waals surface area contributed by atoms with Crippen molar-refractivity contribution in [1.82, 2.24) is 9.55 Å². The lowest BCUT2D eigenvalue weighted by Gasteiger charge is -2.18. The molecule has 1 atom stereocenters. The molecule has 3 rings (SSSR count). The number of aryl methyl sites for hydroxylation is 3. The summed E-state index contributed by atoms with van der Waals surface area (Å²) in [7, 11) is 1.51. The molecule has 27 heavy (non-hydrogen) atoms. The zero-order chi connectivity index (χ0) is 19.9. The molecule has 0 spiro atoms. The number of ether oxygens (including phenoxy) is 1. The molecule has 1 aromatic carbocycles. The minimum absolute atomic E-state index is 0.208. The van der Waals surface area contributed by atoms with Crippen LogP contribution in [-0.4, -0.2) is 22.6 Å². The maximum Gasteiger partial charge on any atom is 0.263 e. The maximum absolute atomic E-state index is 13.1. The Kier molecular flexibility index (Phi) is 5.26. The van der Waals surface area contributed by atoms with Crippen LogP contribution in [0.4, 0.5) is 5.69 Å². The van der Waals surface area contributed by atoms with E-state index in [1.807, 2.05) is 13.8 Å². The van der Waals surface area contributed by atoms with Crippen LogP contribution in [0.1, 0.15) is 29.2 Å². The van der Waals surface area contributed by atoms with Gasteiger partial charge in [0.2, 0.25) is 5.91 Å². The van der Waals surface area contributed by atoms with Gasteiger partial charge in [-0.1, -0.05) is 11.6 Å². The molecular weight excluding hydrogens is 386 g/mol. The standard InChI is InChI=1S/C19H20ClN3O3S/c1-9-11(3)27-18-16(9)19(25)23(12(4)21-18)10(2)17(24)22-14-8-13(20)6-7-15(14)26-5/h6-8,10H,1-5H3,(H,22,24). The predicted molar refractivity (Wildman–Crippen MR) is 109 cm³/mol. The van der Waals surface area contributed by atoms with E-state index in [4.69, 9.17) is 16.3 Å². The number of aromatic nitrogens is 2. The molecule has 2 heterocycles. The summed E-state index contributed by atoms with van der Waals surface area (Å²) in [5.74, 6) is 0.628. The summed E-state index contributed by atoms with van der Waals surface area (Å²) in [6.45, 7) is 7.26. The van der Waals surface area contributed by atoms with Gasteiger partial charge in [-0.05, 0) is 51.5 Å². The molecule has 0 saturated heterocycles. The summed E-state index contributed by atoms with van der Waals surface area (Å²) >= 11 is 7.51. The number of halogens is 1. The quantitative estimate of drug-likeness (QED) is 0.704. The molecule has 1 N–H and O–H groups in total. The number of hydrogen-bond acceptors (Lipinski definition) is 5. The number of nitrogens with one attached hydrogen (secondary N) is 1. The van der Waals surface area contributed by atoms with Crippen LogP contribution < -0.4 is 15.6 Å². The number of amides is 1. The summed E-state index contributed by atoms with van der Waals surface area (Å²) in [5, 5.41) is 3.83. The van der Waals surface area contributed by atoms with Crippen molar-refractivity contribution in [3.8, 4) is 5.75 Å². The highest BCUT2D eigenvalue weighted by Crippen LogP contribution is 2.29. The van der Waals surface area contributed by atoms with Gasteiger partial charge in [0, 0.05) is 9.90 Å². The minimum atomic E-state index is -0.752. The number of carbonyl (C=O) groups is 1. The van der Waals surface area contributed by atoms with Crippen LogP contribution in [0.3, 0.4) is 0 Å². The number of benzene rings is 1. The van der Waals surface area contributed by atoms with E-state index in [1.54, 1.807) is 32.0 Å². The number of rotatable bonds is 4. The Hall–Kier alpha value is -2.38. The summed E-state index contributed by atoms with van der Waals surface area (Å²) in [6, 6.07) is 4.20. The van der Waals surface area contributed by atoms with Gasteiger partial charge < -0.3 is 10.1 Å². The molecule has 8 heteroatoms. The zero-order valence-electron chi connectivity index (χ0n) is 15.7. The third kappa shape index (κ3) is 3.44. The van der Waals surface area contributed by atoms with E-state index < -0.39 is 6.04 Å². The molecule has 3 aromatic rings. The highest BCUT2D eigenvalue weighted by atomic mass is 35.5. The van der Waals surface area contributed by atoms with E-state index in [2.05, 4.69) is 10.3 Å². The van der Waals surface area contributed by atoms with Crippen LogP contribution in [0.25, 0.3) is 10.2 Å². The number of thiophene rings is 1. The monoisotopic (exact) mass is 405 g/mol. The predicted octanol–water partition coefficient (Wildman–Crippen LogP) is 4.24. The number of hydrogen-bond donors (Lipinski definition) is 1. The Bertz CT molecular complexity index is 1100. The summed E-state index contributed by atoms with van der Waals surface area (Å²) in [4.78, 5) is 32.2. The van der Waals surface area contributed by atoms with Crippen LogP contribution in [0.5, 0.6) is 5.75 Å². The number of fused-ring (bicyclic) bond motifs is 1. The second kappa shape index (κ2) is 7.32. The number of nitrogens with zero attached hydrogens (tertiary/aromatic N) is 2. The van der Waals surface area contributed by atoms with Gasteiger partial charge in [0.15, 0.2) is 0 Å². The normalized spacial score (nSPS) is 12.2. The van der Waals surface area contributed by atoms with Crippen LogP contribution in [0, 0.1) is 20.8 Å². The van der Waals surface area contributed by atoms with E-state index in [0.29, 0.717) is 32.5 Å². The Labute approximate surface area is 165 Å².